The van der Waals surface area contributed by atoms with E-state index in [2.05, 4.69) is 5.32 Å². The van der Waals surface area contributed by atoms with E-state index < -0.39 is 10.0 Å². The molecule has 1 aliphatic carbocycles. The van der Waals surface area contributed by atoms with Gasteiger partial charge in [0.25, 0.3) is 0 Å². The van der Waals surface area contributed by atoms with Crippen LogP contribution in [0.1, 0.15) is 24.8 Å². The molecule has 0 aromatic heterocycles. The number of hydrogen-bond acceptors (Lipinski definition) is 3. The van der Waals surface area contributed by atoms with Crippen molar-refractivity contribution in [3.8, 4) is 0 Å². The fourth-order valence-corrected chi connectivity index (χ4v) is 2.36. The highest BCUT2D eigenvalue weighted by Crippen LogP contribution is 2.31. The fourth-order valence-electron chi connectivity index (χ4n) is 1.85. The van der Waals surface area contributed by atoms with E-state index in [9.17, 15) is 13.2 Å². The molecule has 0 unspecified atom stereocenters. The zero-order chi connectivity index (χ0) is 13.9. The van der Waals surface area contributed by atoms with E-state index in [1.807, 2.05) is 0 Å². The van der Waals surface area contributed by atoms with Crippen LogP contribution in [0.25, 0.3) is 0 Å². The molecule has 0 heterocycles. The molecule has 1 fully saturated rings. The van der Waals surface area contributed by atoms with Crippen molar-refractivity contribution < 1.29 is 13.2 Å². The Morgan fingerprint density at radius 1 is 1.26 bits per heavy atom. The molecule has 1 saturated carbocycles. The van der Waals surface area contributed by atoms with Crippen LogP contribution >= 0.6 is 0 Å². The second-order valence-electron chi connectivity index (χ2n) is 4.94. The Morgan fingerprint density at radius 3 is 2.42 bits per heavy atom. The van der Waals surface area contributed by atoms with Gasteiger partial charge in [-0.2, -0.15) is 0 Å². The van der Waals surface area contributed by atoms with Crippen molar-refractivity contribution in [2.45, 2.75) is 30.6 Å². The Balaban J connectivity index is 1.78. The van der Waals surface area contributed by atoms with E-state index >= 15 is 0 Å². The van der Waals surface area contributed by atoms with Crippen molar-refractivity contribution in [1.29, 1.82) is 0 Å². The summed E-state index contributed by atoms with van der Waals surface area (Å²) in [6.07, 6.45) is 3.65. The highest BCUT2D eigenvalue weighted by Gasteiger charge is 2.23. The smallest absolute Gasteiger partial charge is 0.238 e. The van der Waals surface area contributed by atoms with Gasteiger partial charge in [-0.1, -0.05) is 12.1 Å². The van der Waals surface area contributed by atoms with Gasteiger partial charge >= 0.3 is 0 Å². The number of nitrogens with two attached hydrogens (primary N) is 1. The van der Waals surface area contributed by atoms with Crippen LogP contribution in [0.3, 0.4) is 0 Å². The predicted octanol–water partition coefficient (Wildman–Crippen LogP) is 0.793. The summed E-state index contributed by atoms with van der Waals surface area (Å²) in [6, 6.07) is 6.40. The third-order valence-electron chi connectivity index (χ3n) is 3.16. The molecule has 1 aromatic carbocycles. The third kappa shape index (κ3) is 4.65. The zero-order valence-corrected chi connectivity index (χ0v) is 11.4. The van der Waals surface area contributed by atoms with Gasteiger partial charge in [0, 0.05) is 13.0 Å². The summed E-state index contributed by atoms with van der Waals surface area (Å²) in [7, 11) is -3.63. The molecule has 3 N–H and O–H groups in total. The van der Waals surface area contributed by atoms with E-state index in [1.165, 1.54) is 25.0 Å². The van der Waals surface area contributed by atoms with Crippen LogP contribution in [0.15, 0.2) is 29.2 Å². The number of carbonyl (C=O) groups excluding carboxylic acids is 1. The van der Waals surface area contributed by atoms with Crippen molar-refractivity contribution >= 4 is 15.9 Å². The van der Waals surface area contributed by atoms with Crippen LogP contribution in [-0.4, -0.2) is 20.9 Å². The Morgan fingerprint density at radius 2 is 1.89 bits per heavy atom. The van der Waals surface area contributed by atoms with Crippen LogP contribution in [0.5, 0.6) is 0 Å². The monoisotopic (exact) mass is 282 g/mol. The van der Waals surface area contributed by atoms with Gasteiger partial charge in [-0.25, -0.2) is 13.6 Å². The molecule has 19 heavy (non-hydrogen) atoms. The number of nitrogens with one attached hydrogen (secondary N) is 1. The summed E-state index contributed by atoms with van der Waals surface area (Å²) in [4.78, 5) is 11.6. The van der Waals surface area contributed by atoms with Crippen LogP contribution < -0.4 is 10.5 Å². The van der Waals surface area contributed by atoms with Crippen LogP contribution in [0, 0.1) is 5.92 Å². The first-order chi connectivity index (χ1) is 8.95. The minimum Gasteiger partial charge on any atom is -0.356 e. The summed E-state index contributed by atoms with van der Waals surface area (Å²) in [5.74, 6) is 0.692. The van der Waals surface area contributed by atoms with Gasteiger partial charge in [-0.3, -0.25) is 4.79 Å². The second-order valence-corrected chi connectivity index (χ2v) is 6.50. The minimum atomic E-state index is -3.63. The summed E-state index contributed by atoms with van der Waals surface area (Å²) >= 11 is 0. The lowest BCUT2D eigenvalue weighted by atomic mass is 10.1. The van der Waals surface area contributed by atoms with E-state index in [0.717, 1.165) is 5.56 Å². The summed E-state index contributed by atoms with van der Waals surface area (Å²) in [5.41, 5.74) is 0.971. The first-order valence-electron chi connectivity index (χ1n) is 6.33. The average Bonchev–Trinajstić information content (AvgIpc) is 3.12. The van der Waals surface area contributed by atoms with E-state index in [-0.39, 0.29) is 10.8 Å². The fraction of sp³-hybridized carbons (Fsp3) is 0.462. The lowest BCUT2D eigenvalue weighted by Gasteiger charge is -2.05. The van der Waals surface area contributed by atoms with Crippen LogP contribution in [0.2, 0.25) is 0 Å². The van der Waals surface area contributed by atoms with E-state index in [4.69, 9.17) is 5.14 Å². The van der Waals surface area contributed by atoms with E-state index in [0.29, 0.717) is 25.3 Å². The first kappa shape index (κ1) is 14.0. The van der Waals surface area contributed by atoms with Crippen molar-refractivity contribution in [3.05, 3.63) is 29.8 Å². The average molecular weight is 282 g/mol. The molecule has 0 bridgehead atoms. The summed E-state index contributed by atoms with van der Waals surface area (Å²) < 4.78 is 22.2. The standard InChI is InChI=1S/C13H18N2O3S/c14-19(17,18)12-5-3-10(4-6-12)7-8-15-13(16)9-11-1-2-11/h3-6,11H,1-2,7-9H2,(H,15,16)(H2,14,17,18). The summed E-state index contributed by atoms with van der Waals surface area (Å²) in [6.45, 7) is 0.570. The number of sulfonamides is 1. The van der Waals surface area contributed by atoms with Gasteiger partial charge in [0.05, 0.1) is 4.90 Å². The topological polar surface area (TPSA) is 89.3 Å². The molecule has 0 aliphatic heterocycles. The van der Waals surface area contributed by atoms with Gasteiger partial charge in [-0.15, -0.1) is 0 Å². The van der Waals surface area contributed by atoms with Crippen molar-refractivity contribution in [2.75, 3.05) is 6.54 Å². The number of amides is 1. The van der Waals surface area contributed by atoms with Gasteiger partial charge in [0.2, 0.25) is 15.9 Å². The molecule has 2 rings (SSSR count). The molecule has 5 nitrogen and oxygen atoms in total. The highest BCUT2D eigenvalue weighted by molar-refractivity contribution is 7.89. The van der Waals surface area contributed by atoms with E-state index in [1.54, 1.807) is 12.1 Å². The number of carbonyl (C=O) groups is 1. The first-order valence-corrected chi connectivity index (χ1v) is 7.88. The number of benzene rings is 1. The predicted molar refractivity (Wildman–Crippen MR) is 71.9 cm³/mol. The Kier molecular flexibility index (Phi) is 4.21. The van der Waals surface area contributed by atoms with Gasteiger partial charge in [0.15, 0.2) is 0 Å². The maximum atomic E-state index is 11.5. The van der Waals surface area contributed by atoms with Crippen molar-refractivity contribution in [1.82, 2.24) is 5.32 Å². The van der Waals surface area contributed by atoms with Crippen LogP contribution in [0.4, 0.5) is 0 Å². The second kappa shape index (κ2) is 5.71. The number of hydrogen-bond donors (Lipinski definition) is 2. The largest absolute Gasteiger partial charge is 0.356 e. The molecule has 0 spiro atoms. The lowest BCUT2D eigenvalue weighted by molar-refractivity contribution is -0.121. The molecular formula is C13H18N2O3S. The molecule has 6 heteroatoms. The van der Waals surface area contributed by atoms with Crippen molar-refractivity contribution in [3.63, 3.8) is 0 Å². The van der Waals surface area contributed by atoms with Gasteiger partial charge < -0.3 is 5.32 Å². The minimum absolute atomic E-state index is 0.101. The molecule has 0 atom stereocenters. The maximum Gasteiger partial charge on any atom is 0.238 e. The molecule has 0 radical (unpaired) electrons. The molecular weight excluding hydrogens is 264 g/mol. The molecule has 0 saturated heterocycles. The summed E-state index contributed by atoms with van der Waals surface area (Å²) in [5, 5.41) is 7.88. The quantitative estimate of drug-likeness (QED) is 0.808. The molecule has 1 aromatic rings. The molecule has 1 aliphatic rings. The number of primary sulfonamides is 1. The highest BCUT2D eigenvalue weighted by atomic mass is 32.2. The molecule has 1 amide bonds. The third-order valence-corrected chi connectivity index (χ3v) is 4.09. The Labute approximate surface area is 113 Å². The number of rotatable bonds is 6. The Bertz CT molecular complexity index is 548. The normalized spacial score (nSPS) is 15.2. The van der Waals surface area contributed by atoms with Gasteiger partial charge in [-0.05, 0) is 42.9 Å². The van der Waals surface area contributed by atoms with Crippen LogP contribution in [-0.2, 0) is 21.2 Å². The lowest BCUT2D eigenvalue weighted by Crippen LogP contribution is -2.25. The Hall–Kier alpha value is -1.40. The zero-order valence-electron chi connectivity index (χ0n) is 10.6. The molecule has 104 valence electrons. The van der Waals surface area contributed by atoms with Crippen molar-refractivity contribution in [2.24, 2.45) is 11.1 Å². The van der Waals surface area contributed by atoms with Gasteiger partial charge in [0.1, 0.15) is 0 Å². The maximum absolute atomic E-state index is 11.5. The SMILES string of the molecule is NS(=O)(=O)c1ccc(CCNC(=O)CC2CC2)cc1.